The fourth-order valence-electron chi connectivity index (χ4n) is 3.09. The Hall–Kier alpha value is -3.59. The summed E-state index contributed by atoms with van der Waals surface area (Å²) in [7, 11) is 0. The summed E-state index contributed by atoms with van der Waals surface area (Å²) in [5, 5.41) is 6.46. The third kappa shape index (κ3) is 5.17. The van der Waals surface area contributed by atoms with Crippen LogP contribution in [0.2, 0.25) is 5.02 Å². The van der Waals surface area contributed by atoms with Crippen LogP contribution in [0.25, 0.3) is 5.69 Å². The molecule has 0 bridgehead atoms. The summed E-state index contributed by atoms with van der Waals surface area (Å²) in [6.45, 7) is 3.73. The predicted octanol–water partition coefficient (Wildman–Crippen LogP) is 4.86. The van der Waals surface area contributed by atoms with Gasteiger partial charge in [0.1, 0.15) is 0 Å². The molecular formula is C22H18ClF3N4O2. The number of hydrogen-bond acceptors (Lipinski definition) is 3. The Morgan fingerprint density at radius 2 is 1.75 bits per heavy atom. The van der Waals surface area contributed by atoms with Crippen molar-refractivity contribution in [2.24, 2.45) is 5.10 Å². The summed E-state index contributed by atoms with van der Waals surface area (Å²) < 4.78 is 40.2. The lowest BCUT2D eigenvalue weighted by Gasteiger charge is -2.11. The number of alkyl halides is 3. The van der Waals surface area contributed by atoms with Crippen LogP contribution in [-0.4, -0.2) is 22.6 Å². The minimum absolute atomic E-state index is 0.160. The van der Waals surface area contributed by atoms with Crippen molar-refractivity contribution in [3.63, 3.8) is 0 Å². The molecule has 3 rings (SSSR count). The van der Waals surface area contributed by atoms with E-state index in [0.717, 1.165) is 35.3 Å². The van der Waals surface area contributed by atoms with Gasteiger partial charge < -0.3 is 9.88 Å². The van der Waals surface area contributed by atoms with Gasteiger partial charge in [-0.1, -0.05) is 29.8 Å². The number of para-hydroxylation sites is 1. The highest BCUT2D eigenvalue weighted by Crippen LogP contribution is 2.30. The average Bonchev–Trinajstić information content (AvgIpc) is 3.01. The molecule has 1 aromatic heterocycles. The molecule has 0 saturated carbocycles. The number of benzene rings is 2. The highest BCUT2D eigenvalue weighted by atomic mass is 35.5. The van der Waals surface area contributed by atoms with Crippen molar-refractivity contribution in [1.29, 1.82) is 0 Å². The number of carbonyl (C=O) groups excluding carboxylic acids is 2. The number of hydrogen-bond donors (Lipinski definition) is 2. The lowest BCUT2D eigenvalue weighted by atomic mass is 10.2. The molecule has 0 spiro atoms. The zero-order valence-electron chi connectivity index (χ0n) is 17.0. The van der Waals surface area contributed by atoms with E-state index in [2.05, 4.69) is 15.8 Å². The number of halogens is 4. The largest absolute Gasteiger partial charge is 0.416 e. The van der Waals surface area contributed by atoms with E-state index in [9.17, 15) is 22.8 Å². The minimum Gasteiger partial charge on any atom is -0.318 e. The molecule has 0 aliphatic carbocycles. The van der Waals surface area contributed by atoms with Gasteiger partial charge in [-0.15, -0.1) is 0 Å². The van der Waals surface area contributed by atoms with E-state index < -0.39 is 23.6 Å². The van der Waals surface area contributed by atoms with Crippen LogP contribution in [0.5, 0.6) is 0 Å². The molecule has 0 atom stereocenters. The molecule has 10 heteroatoms. The van der Waals surface area contributed by atoms with Crippen molar-refractivity contribution in [1.82, 2.24) is 9.99 Å². The molecule has 0 saturated heterocycles. The van der Waals surface area contributed by atoms with E-state index in [4.69, 9.17) is 11.6 Å². The van der Waals surface area contributed by atoms with Crippen LogP contribution in [0.15, 0.2) is 59.7 Å². The summed E-state index contributed by atoms with van der Waals surface area (Å²) in [4.78, 5) is 23.9. The second-order valence-corrected chi connectivity index (χ2v) is 7.25. The summed E-state index contributed by atoms with van der Waals surface area (Å²) >= 11 is 6.28. The number of rotatable bonds is 4. The summed E-state index contributed by atoms with van der Waals surface area (Å²) in [6.07, 6.45) is -3.20. The molecule has 6 nitrogen and oxygen atoms in total. The molecule has 2 amide bonds. The Morgan fingerprint density at radius 3 is 2.44 bits per heavy atom. The zero-order chi connectivity index (χ0) is 23.5. The molecule has 1 heterocycles. The van der Waals surface area contributed by atoms with Crippen LogP contribution < -0.4 is 10.7 Å². The lowest BCUT2D eigenvalue weighted by Crippen LogP contribution is -2.32. The summed E-state index contributed by atoms with van der Waals surface area (Å²) in [5.74, 6) is -2.28. The minimum atomic E-state index is -4.57. The third-order valence-corrected chi connectivity index (χ3v) is 4.91. The smallest absolute Gasteiger partial charge is 0.318 e. The number of aryl methyl sites for hydroxylation is 1. The van der Waals surface area contributed by atoms with Crippen LogP contribution in [0.1, 0.15) is 22.5 Å². The Labute approximate surface area is 186 Å². The molecule has 0 aliphatic rings. The quantitative estimate of drug-likeness (QED) is 0.330. The van der Waals surface area contributed by atoms with E-state index in [0.29, 0.717) is 10.6 Å². The fourth-order valence-corrected chi connectivity index (χ4v) is 3.31. The van der Waals surface area contributed by atoms with E-state index in [1.807, 2.05) is 42.7 Å². The molecule has 0 radical (unpaired) electrons. The normalized spacial score (nSPS) is 11.6. The van der Waals surface area contributed by atoms with Crippen molar-refractivity contribution in [3.05, 3.63) is 82.1 Å². The van der Waals surface area contributed by atoms with Gasteiger partial charge in [-0.2, -0.15) is 18.3 Å². The van der Waals surface area contributed by atoms with Crippen LogP contribution >= 0.6 is 11.6 Å². The molecule has 3 aromatic rings. The average molecular weight is 463 g/mol. The number of nitrogens with zero attached hydrogens (tertiary/aromatic N) is 2. The van der Waals surface area contributed by atoms with Gasteiger partial charge in [0.05, 0.1) is 22.5 Å². The first-order valence-electron chi connectivity index (χ1n) is 9.33. The predicted molar refractivity (Wildman–Crippen MR) is 116 cm³/mol. The third-order valence-electron chi connectivity index (χ3n) is 4.59. The van der Waals surface area contributed by atoms with Crippen molar-refractivity contribution in [2.45, 2.75) is 20.0 Å². The Kier molecular flexibility index (Phi) is 6.69. The van der Waals surface area contributed by atoms with Crippen LogP contribution in [0.3, 0.4) is 0 Å². The van der Waals surface area contributed by atoms with Gasteiger partial charge in [-0.05, 0) is 50.2 Å². The topological polar surface area (TPSA) is 75.5 Å². The van der Waals surface area contributed by atoms with Gasteiger partial charge in [-0.3, -0.25) is 9.59 Å². The van der Waals surface area contributed by atoms with Gasteiger partial charge in [0, 0.05) is 22.6 Å². The molecule has 2 aromatic carbocycles. The number of carbonyl (C=O) groups is 2. The van der Waals surface area contributed by atoms with E-state index in [-0.39, 0.29) is 5.69 Å². The van der Waals surface area contributed by atoms with Gasteiger partial charge in [0.15, 0.2) is 0 Å². The molecule has 0 unspecified atom stereocenters. The van der Waals surface area contributed by atoms with Crippen molar-refractivity contribution < 1.29 is 22.8 Å². The SMILES string of the molecule is Cc1cc(/C=N\NC(=O)C(=O)Nc2cccc(C(F)(F)F)c2)c(C)n1-c1ccccc1Cl. The highest BCUT2D eigenvalue weighted by Gasteiger charge is 2.30. The number of nitrogens with one attached hydrogen (secondary N) is 2. The van der Waals surface area contributed by atoms with Gasteiger partial charge in [0.2, 0.25) is 0 Å². The first-order valence-corrected chi connectivity index (χ1v) is 9.71. The first kappa shape index (κ1) is 23.1. The van der Waals surface area contributed by atoms with Crippen LogP contribution in [-0.2, 0) is 15.8 Å². The van der Waals surface area contributed by atoms with E-state index >= 15 is 0 Å². The number of amides is 2. The molecule has 0 fully saturated rings. The molecule has 166 valence electrons. The van der Waals surface area contributed by atoms with Crippen LogP contribution in [0, 0.1) is 13.8 Å². The van der Waals surface area contributed by atoms with Crippen molar-refractivity contribution in [2.75, 3.05) is 5.32 Å². The monoisotopic (exact) mass is 462 g/mol. The van der Waals surface area contributed by atoms with Gasteiger partial charge >= 0.3 is 18.0 Å². The Bertz CT molecular complexity index is 1200. The maximum Gasteiger partial charge on any atom is 0.416 e. The second-order valence-electron chi connectivity index (χ2n) is 6.85. The number of hydrazone groups is 1. The number of aromatic nitrogens is 1. The highest BCUT2D eigenvalue weighted by molar-refractivity contribution is 6.39. The maximum atomic E-state index is 12.8. The van der Waals surface area contributed by atoms with E-state index in [1.54, 1.807) is 6.07 Å². The standard InChI is InChI=1S/C22H18ClF3N4O2/c1-13-10-15(14(2)30(13)19-9-4-3-8-18(19)23)12-27-29-21(32)20(31)28-17-7-5-6-16(11-17)22(24,25)26/h3-12H,1-2H3,(H,28,31)(H,29,32)/b27-12-. The molecule has 2 N–H and O–H groups in total. The zero-order valence-corrected chi connectivity index (χ0v) is 17.8. The Balaban J connectivity index is 1.68. The molecule has 32 heavy (non-hydrogen) atoms. The van der Waals surface area contributed by atoms with Gasteiger partial charge in [-0.25, -0.2) is 5.43 Å². The fraction of sp³-hybridized carbons (Fsp3) is 0.136. The van der Waals surface area contributed by atoms with Crippen molar-refractivity contribution in [3.8, 4) is 5.69 Å². The number of anilines is 1. The first-order chi connectivity index (χ1) is 15.1. The van der Waals surface area contributed by atoms with Crippen LogP contribution in [0.4, 0.5) is 18.9 Å². The summed E-state index contributed by atoms with van der Waals surface area (Å²) in [6, 6.07) is 13.1. The maximum absolute atomic E-state index is 12.8. The van der Waals surface area contributed by atoms with E-state index in [1.165, 1.54) is 12.3 Å². The molecular weight excluding hydrogens is 445 g/mol. The summed E-state index contributed by atoms with van der Waals surface area (Å²) in [5.41, 5.74) is 4.12. The lowest BCUT2D eigenvalue weighted by molar-refractivity contribution is -0.137. The van der Waals surface area contributed by atoms with Gasteiger partial charge in [0.25, 0.3) is 0 Å². The van der Waals surface area contributed by atoms with Crippen molar-refractivity contribution >= 4 is 35.3 Å². The molecule has 0 aliphatic heterocycles. The Morgan fingerprint density at radius 1 is 1.03 bits per heavy atom. The second kappa shape index (κ2) is 9.27.